The normalized spacial score (nSPS) is 12.0. The zero-order valence-corrected chi connectivity index (χ0v) is 21.0. The summed E-state index contributed by atoms with van der Waals surface area (Å²) in [5.41, 5.74) is -0.489. The van der Waals surface area contributed by atoms with E-state index in [0.717, 1.165) is 23.9 Å². The molecule has 0 aliphatic carbocycles. The number of amides is 2. The maximum absolute atomic E-state index is 13.3. The van der Waals surface area contributed by atoms with Crippen molar-refractivity contribution in [3.63, 3.8) is 0 Å². The van der Waals surface area contributed by atoms with E-state index in [0.29, 0.717) is 27.6 Å². The van der Waals surface area contributed by atoms with Crippen molar-refractivity contribution >= 4 is 46.6 Å². The van der Waals surface area contributed by atoms with Crippen LogP contribution in [0.5, 0.6) is 11.5 Å². The van der Waals surface area contributed by atoms with E-state index in [1.54, 1.807) is 49.4 Å². The van der Waals surface area contributed by atoms with Gasteiger partial charge in [0.15, 0.2) is 11.5 Å². The van der Waals surface area contributed by atoms with E-state index in [2.05, 4.69) is 10.6 Å². The van der Waals surface area contributed by atoms with E-state index in [1.165, 1.54) is 20.3 Å². The van der Waals surface area contributed by atoms with Crippen molar-refractivity contribution in [2.24, 2.45) is 0 Å². The van der Waals surface area contributed by atoms with Crippen LogP contribution in [0.3, 0.4) is 0 Å². The third-order valence-corrected chi connectivity index (χ3v) is 6.33. The molecule has 2 N–H and O–H groups in total. The van der Waals surface area contributed by atoms with Crippen LogP contribution in [0.25, 0.3) is 0 Å². The van der Waals surface area contributed by atoms with Gasteiger partial charge in [-0.1, -0.05) is 11.6 Å². The highest BCUT2D eigenvalue weighted by Crippen LogP contribution is 2.37. The van der Waals surface area contributed by atoms with Crippen LogP contribution in [0.2, 0.25) is 5.02 Å². The number of benzene rings is 3. The fourth-order valence-corrected chi connectivity index (χ4v) is 4.19. The third-order valence-electron chi connectivity index (χ3n) is 4.98. The number of anilines is 2. The molecule has 0 aromatic heterocycles. The lowest BCUT2D eigenvalue weighted by Crippen LogP contribution is -2.24. The lowest BCUT2D eigenvalue weighted by atomic mass is 10.1. The number of rotatable bonds is 8. The average Bonchev–Trinajstić information content (AvgIpc) is 2.85. The minimum Gasteiger partial charge on any atom is -0.493 e. The van der Waals surface area contributed by atoms with Crippen LogP contribution in [0.15, 0.2) is 65.6 Å². The quantitative estimate of drug-likeness (QED) is 0.310. The molecule has 0 spiro atoms. The molecule has 3 rings (SSSR count). The van der Waals surface area contributed by atoms with Gasteiger partial charge in [-0.15, -0.1) is 11.8 Å². The number of halogens is 4. The maximum Gasteiger partial charge on any atom is 0.418 e. The van der Waals surface area contributed by atoms with Crippen LogP contribution < -0.4 is 20.1 Å². The molecule has 0 bridgehead atoms. The smallest absolute Gasteiger partial charge is 0.418 e. The molecule has 190 valence electrons. The molecule has 0 aliphatic heterocycles. The molecule has 3 aromatic rings. The van der Waals surface area contributed by atoms with Crippen molar-refractivity contribution in [2.75, 3.05) is 24.9 Å². The lowest BCUT2D eigenvalue weighted by molar-refractivity contribution is -0.137. The summed E-state index contributed by atoms with van der Waals surface area (Å²) in [6, 6.07) is 14.7. The van der Waals surface area contributed by atoms with Gasteiger partial charge < -0.3 is 20.1 Å². The second kappa shape index (κ2) is 11.6. The summed E-state index contributed by atoms with van der Waals surface area (Å²) < 4.78 is 50.2. The van der Waals surface area contributed by atoms with Crippen LogP contribution in [-0.4, -0.2) is 31.3 Å². The molecule has 0 saturated heterocycles. The van der Waals surface area contributed by atoms with E-state index < -0.39 is 22.9 Å². The molecule has 2 amide bonds. The Balaban J connectivity index is 1.63. The van der Waals surface area contributed by atoms with Crippen LogP contribution in [0, 0.1) is 0 Å². The molecular formula is C25H22ClF3N2O4S. The molecule has 1 atom stereocenters. The van der Waals surface area contributed by atoms with Gasteiger partial charge in [-0.2, -0.15) is 13.2 Å². The molecule has 0 heterocycles. The molecule has 0 fully saturated rings. The molecule has 6 nitrogen and oxygen atoms in total. The summed E-state index contributed by atoms with van der Waals surface area (Å²) in [6.45, 7) is 1.58. The van der Waals surface area contributed by atoms with Gasteiger partial charge in [0.2, 0.25) is 5.91 Å². The second-order valence-electron chi connectivity index (χ2n) is 7.49. The monoisotopic (exact) mass is 538 g/mol. The maximum atomic E-state index is 13.3. The van der Waals surface area contributed by atoms with Crippen molar-refractivity contribution in [1.29, 1.82) is 0 Å². The van der Waals surface area contributed by atoms with Crippen molar-refractivity contribution in [1.82, 2.24) is 0 Å². The minimum atomic E-state index is -4.67. The van der Waals surface area contributed by atoms with Gasteiger partial charge in [-0.25, -0.2) is 0 Å². The summed E-state index contributed by atoms with van der Waals surface area (Å²) in [5, 5.41) is 4.31. The van der Waals surface area contributed by atoms with Gasteiger partial charge in [0, 0.05) is 21.2 Å². The van der Waals surface area contributed by atoms with Crippen molar-refractivity contribution in [3.05, 3.63) is 76.8 Å². The first kappa shape index (κ1) is 27.2. The molecule has 0 saturated carbocycles. The number of ether oxygens (including phenoxy) is 2. The lowest BCUT2D eigenvalue weighted by Gasteiger charge is -2.17. The van der Waals surface area contributed by atoms with Gasteiger partial charge in [-0.05, 0) is 67.6 Å². The number of hydrogen-bond acceptors (Lipinski definition) is 5. The number of hydrogen-bond donors (Lipinski definition) is 2. The van der Waals surface area contributed by atoms with E-state index >= 15 is 0 Å². The van der Waals surface area contributed by atoms with Crippen LogP contribution in [0.1, 0.15) is 22.8 Å². The van der Waals surface area contributed by atoms with E-state index in [9.17, 15) is 22.8 Å². The van der Waals surface area contributed by atoms with Crippen molar-refractivity contribution in [2.45, 2.75) is 23.2 Å². The number of alkyl halides is 3. The van der Waals surface area contributed by atoms with Gasteiger partial charge in [-0.3, -0.25) is 9.59 Å². The van der Waals surface area contributed by atoms with Crippen molar-refractivity contribution in [3.8, 4) is 11.5 Å². The zero-order chi connectivity index (χ0) is 26.5. The summed E-state index contributed by atoms with van der Waals surface area (Å²) in [5.74, 6) is -0.0319. The Morgan fingerprint density at radius 1 is 0.917 bits per heavy atom. The Morgan fingerprint density at radius 2 is 1.58 bits per heavy atom. The number of carbonyl (C=O) groups excluding carboxylic acids is 2. The van der Waals surface area contributed by atoms with Crippen LogP contribution >= 0.6 is 23.4 Å². The Hall–Kier alpha value is -3.37. The first-order chi connectivity index (χ1) is 17.0. The molecule has 11 heteroatoms. The Bertz CT molecular complexity index is 1250. The molecule has 0 radical (unpaired) electrons. The van der Waals surface area contributed by atoms with E-state index in [1.807, 2.05) is 0 Å². The van der Waals surface area contributed by atoms with Gasteiger partial charge in [0.1, 0.15) is 0 Å². The number of thioether (sulfide) groups is 1. The van der Waals surface area contributed by atoms with Gasteiger partial charge in [0.25, 0.3) is 5.91 Å². The predicted octanol–water partition coefficient (Wildman–Crippen LogP) is 6.75. The standard InChI is InChI=1S/C25H22ClF3N2O4S/c1-14(23(32)31-20-10-5-16(26)13-19(20)25(27,28)29)36-18-8-6-17(7-9-18)30-24(33)15-4-11-21(34-2)22(12-15)35-3/h4-14H,1-3H3,(H,30,33)(H,31,32). The third kappa shape index (κ3) is 6.86. The van der Waals surface area contributed by atoms with Gasteiger partial charge in [0.05, 0.1) is 30.7 Å². The van der Waals surface area contributed by atoms with E-state index in [-0.39, 0.29) is 16.6 Å². The van der Waals surface area contributed by atoms with Crippen LogP contribution in [0.4, 0.5) is 24.5 Å². The summed E-state index contributed by atoms with van der Waals surface area (Å²) in [6.07, 6.45) is -4.67. The van der Waals surface area contributed by atoms with Gasteiger partial charge >= 0.3 is 6.18 Å². The van der Waals surface area contributed by atoms with E-state index in [4.69, 9.17) is 21.1 Å². The highest BCUT2D eigenvalue weighted by molar-refractivity contribution is 8.00. The summed E-state index contributed by atoms with van der Waals surface area (Å²) in [7, 11) is 2.97. The second-order valence-corrected chi connectivity index (χ2v) is 9.34. The summed E-state index contributed by atoms with van der Waals surface area (Å²) in [4.78, 5) is 25.8. The summed E-state index contributed by atoms with van der Waals surface area (Å²) >= 11 is 6.84. The largest absolute Gasteiger partial charge is 0.493 e. The Morgan fingerprint density at radius 3 is 2.19 bits per heavy atom. The first-order valence-corrected chi connectivity index (χ1v) is 11.7. The van der Waals surface area contributed by atoms with Crippen LogP contribution in [-0.2, 0) is 11.0 Å². The molecule has 0 aliphatic rings. The van der Waals surface area contributed by atoms with Crippen molar-refractivity contribution < 1.29 is 32.2 Å². The topological polar surface area (TPSA) is 76.7 Å². The fraction of sp³-hybridized carbons (Fsp3) is 0.200. The molecule has 1 unspecified atom stereocenters. The SMILES string of the molecule is COc1ccc(C(=O)Nc2ccc(SC(C)C(=O)Nc3ccc(Cl)cc3C(F)(F)F)cc2)cc1OC. The molecule has 36 heavy (non-hydrogen) atoms. The minimum absolute atomic E-state index is 0.0824. The number of methoxy groups -OCH3 is 2. The molecular weight excluding hydrogens is 517 g/mol. The Labute approximate surface area is 215 Å². The highest BCUT2D eigenvalue weighted by Gasteiger charge is 2.34. The molecule has 3 aromatic carbocycles. The highest BCUT2D eigenvalue weighted by atomic mass is 35.5. The average molecular weight is 539 g/mol. The first-order valence-electron chi connectivity index (χ1n) is 10.5. The number of carbonyl (C=O) groups is 2. The number of nitrogens with one attached hydrogen (secondary N) is 2. The predicted molar refractivity (Wildman–Crippen MR) is 134 cm³/mol. The fourth-order valence-electron chi connectivity index (χ4n) is 3.15. The Kier molecular flexibility index (Phi) is 8.75. The zero-order valence-electron chi connectivity index (χ0n) is 19.4.